The Bertz CT molecular complexity index is 762. The molecule has 0 fully saturated rings. The zero-order valence-corrected chi connectivity index (χ0v) is 12.7. The second kappa shape index (κ2) is 6.96. The highest BCUT2D eigenvalue weighted by molar-refractivity contribution is 6.32. The number of para-hydroxylation sites is 1. The summed E-state index contributed by atoms with van der Waals surface area (Å²) in [5.41, 5.74) is 0.00569. The van der Waals surface area contributed by atoms with Gasteiger partial charge in [0.05, 0.1) is 7.11 Å². The van der Waals surface area contributed by atoms with Gasteiger partial charge in [0.1, 0.15) is 16.3 Å². The predicted molar refractivity (Wildman–Crippen MR) is 75.9 cm³/mol. The molecule has 24 heavy (non-hydrogen) atoms. The van der Waals surface area contributed by atoms with Gasteiger partial charge in [0.15, 0.2) is 17.3 Å². The van der Waals surface area contributed by atoms with Gasteiger partial charge in [0.25, 0.3) is 0 Å². The fourth-order valence-corrected chi connectivity index (χ4v) is 1.94. The minimum atomic E-state index is -5.02. The highest BCUT2D eigenvalue weighted by Gasteiger charge is 2.33. The molecule has 128 valence electrons. The van der Waals surface area contributed by atoms with Crippen LogP contribution in [0.2, 0.25) is 5.02 Å². The summed E-state index contributed by atoms with van der Waals surface area (Å²) in [5, 5.41) is -0.902. The van der Waals surface area contributed by atoms with E-state index in [9.17, 15) is 22.4 Å². The zero-order chi connectivity index (χ0) is 17.9. The van der Waals surface area contributed by atoms with Crippen LogP contribution in [0.15, 0.2) is 36.4 Å². The van der Waals surface area contributed by atoms with Crippen LogP contribution in [-0.4, -0.2) is 19.4 Å². The van der Waals surface area contributed by atoms with Crippen LogP contribution in [0.4, 0.5) is 17.6 Å². The van der Waals surface area contributed by atoms with Gasteiger partial charge >= 0.3 is 12.3 Å². The van der Waals surface area contributed by atoms with Crippen LogP contribution in [0.25, 0.3) is 0 Å². The van der Waals surface area contributed by atoms with Gasteiger partial charge in [0.2, 0.25) is 0 Å². The van der Waals surface area contributed by atoms with Crippen molar-refractivity contribution in [2.24, 2.45) is 0 Å². The molecule has 4 nitrogen and oxygen atoms in total. The summed E-state index contributed by atoms with van der Waals surface area (Å²) in [6, 6.07) is 7.48. The van der Waals surface area contributed by atoms with Gasteiger partial charge < -0.3 is 14.2 Å². The highest BCUT2D eigenvalue weighted by atomic mass is 35.5. The van der Waals surface area contributed by atoms with E-state index in [4.69, 9.17) is 16.3 Å². The first-order valence-corrected chi connectivity index (χ1v) is 6.69. The third-order valence-corrected chi connectivity index (χ3v) is 3.10. The van der Waals surface area contributed by atoms with E-state index in [-0.39, 0.29) is 11.3 Å². The summed E-state index contributed by atoms with van der Waals surface area (Å²) < 4.78 is 64.1. The van der Waals surface area contributed by atoms with Crippen molar-refractivity contribution in [1.82, 2.24) is 0 Å². The van der Waals surface area contributed by atoms with Crippen LogP contribution in [0.1, 0.15) is 10.4 Å². The predicted octanol–water partition coefficient (Wildman–Crippen LogP) is 4.96. The average molecular weight is 365 g/mol. The van der Waals surface area contributed by atoms with Crippen molar-refractivity contribution in [2.75, 3.05) is 7.11 Å². The van der Waals surface area contributed by atoms with Gasteiger partial charge in [-0.2, -0.15) is 0 Å². The topological polar surface area (TPSA) is 44.8 Å². The van der Waals surface area contributed by atoms with Crippen molar-refractivity contribution in [1.29, 1.82) is 0 Å². The van der Waals surface area contributed by atoms with Crippen molar-refractivity contribution >= 4 is 17.6 Å². The number of hydrogen-bond acceptors (Lipinski definition) is 4. The van der Waals surface area contributed by atoms with E-state index < -0.39 is 34.7 Å². The van der Waals surface area contributed by atoms with Gasteiger partial charge in [-0.1, -0.05) is 23.7 Å². The van der Waals surface area contributed by atoms with Crippen molar-refractivity contribution in [3.8, 4) is 17.2 Å². The first-order chi connectivity index (χ1) is 11.2. The first kappa shape index (κ1) is 17.9. The Labute approximate surface area is 138 Å². The average Bonchev–Trinajstić information content (AvgIpc) is 2.53. The van der Waals surface area contributed by atoms with Crippen molar-refractivity contribution in [2.45, 2.75) is 6.36 Å². The first-order valence-electron chi connectivity index (χ1n) is 6.32. The molecule has 2 rings (SSSR count). The lowest BCUT2D eigenvalue weighted by molar-refractivity contribution is -0.274. The third kappa shape index (κ3) is 4.08. The molecule has 0 heterocycles. The van der Waals surface area contributed by atoms with Gasteiger partial charge in [-0.25, -0.2) is 9.18 Å². The quantitative estimate of drug-likeness (QED) is 0.568. The van der Waals surface area contributed by atoms with Crippen LogP contribution in [0.3, 0.4) is 0 Å². The van der Waals surface area contributed by atoms with Crippen LogP contribution >= 0.6 is 11.6 Å². The molecule has 0 unspecified atom stereocenters. The normalized spacial score (nSPS) is 11.1. The maximum atomic E-state index is 14.1. The molecular formula is C15H9ClF4O4. The molecule has 9 heteroatoms. The number of carbonyl (C=O) groups is 1. The Morgan fingerprint density at radius 2 is 1.67 bits per heavy atom. The molecule has 0 amide bonds. The Balaban J connectivity index is 2.35. The highest BCUT2D eigenvalue weighted by Crippen LogP contribution is 2.38. The molecule has 0 aliphatic rings. The molecule has 2 aromatic carbocycles. The van der Waals surface area contributed by atoms with Crippen LogP contribution in [0.5, 0.6) is 17.2 Å². The molecule has 2 aromatic rings. The number of carbonyl (C=O) groups excluding carboxylic acids is 1. The standard InChI is InChI=1S/C15H9ClF4O4/c1-22-14(21)8-4-2-3-5-9(8)23-11-7-6-10(12(16)13(11)17)24-15(18,19)20/h2-7H,1H3. The van der Waals surface area contributed by atoms with Crippen LogP contribution in [0, 0.1) is 5.82 Å². The number of benzene rings is 2. The number of esters is 1. The molecule has 0 saturated heterocycles. The van der Waals surface area contributed by atoms with Crippen molar-refractivity contribution < 1.29 is 36.6 Å². The van der Waals surface area contributed by atoms with E-state index in [1.54, 1.807) is 0 Å². The Hall–Kier alpha value is -2.48. The minimum absolute atomic E-state index is 0.00569. The fraction of sp³-hybridized carbons (Fsp3) is 0.133. The summed E-state index contributed by atoms with van der Waals surface area (Å²) in [5.74, 6) is -3.43. The van der Waals surface area contributed by atoms with Gasteiger partial charge in [-0.3, -0.25) is 0 Å². The van der Waals surface area contributed by atoms with Crippen LogP contribution in [-0.2, 0) is 4.74 Å². The van der Waals surface area contributed by atoms with Gasteiger partial charge in [-0.05, 0) is 24.3 Å². The SMILES string of the molecule is COC(=O)c1ccccc1Oc1ccc(OC(F)(F)F)c(Cl)c1F. The largest absolute Gasteiger partial charge is 0.573 e. The maximum absolute atomic E-state index is 14.1. The minimum Gasteiger partial charge on any atom is -0.465 e. The number of ether oxygens (including phenoxy) is 3. The number of hydrogen-bond donors (Lipinski definition) is 0. The number of alkyl halides is 3. The van der Waals surface area contributed by atoms with E-state index in [1.165, 1.54) is 24.3 Å². The van der Waals surface area contributed by atoms with Crippen molar-refractivity contribution in [3.63, 3.8) is 0 Å². The van der Waals surface area contributed by atoms with Gasteiger partial charge in [-0.15, -0.1) is 13.2 Å². The number of methoxy groups -OCH3 is 1. The van der Waals surface area contributed by atoms with E-state index in [2.05, 4.69) is 9.47 Å². The summed E-state index contributed by atoms with van der Waals surface area (Å²) in [7, 11) is 1.15. The molecular weight excluding hydrogens is 356 g/mol. The van der Waals surface area contributed by atoms with E-state index in [0.29, 0.717) is 0 Å². The second-order valence-corrected chi connectivity index (χ2v) is 4.71. The Morgan fingerprint density at radius 3 is 2.29 bits per heavy atom. The van der Waals surface area contributed by atoms with Crippen LogP contribution < -0.4 is 9.47 Å². The third-order valence-electron chi connectivity index (χ3n) is 2.75. The molecule has 0 N–H and O–H groups in total. The smallest absolute Gasteiger partial charge is 0.465 e. The molecule has 0 bridgehead atoms. The van der Waals surface area contributed by atoms with Gasteiger partial charge in [0, 0.05) is 0 Å². The van der Waals surface area contributed by atoms with E-state index >= 15 is 0 Å². The number of halogens is 5. The molecule has 0 spiro atoms. The number of rotatable bonds is 4. The zero-order valence-electron chi connectivity index (χ0n) is 12.0. The fourth-order valence-electron chi connectivity index (χ4n) is 1.75. The molecule has 0 saturated carbocycles. The monoisotopic (exact) mass is 364 g/mol. The van der Waals surface area contributed by atoms with E-state index in [0.717, 1.165) is 19.2 Å². The van der Waals surface area contributed by atoms with E-state index in [1.807, 2.05) is 0 Å². The second-order valence-electron chi connectivity index (χ2n) is 4.33. The molecule has 0 aliphatic carbocycles. The molecule has 0 radical (unpaired) electrons. The maximum Gasteiger partial charge on any atom is 0.573 e. The van der Waals surface area contributed by atoms with Crippen molar-refractivity contribution in [3.05, 3.63) is 52.8 Å². The summed E-state index contributed by atoms with van der Waals surface area (Å²) in [4.78, 5) is 11.6. The Morgan fingerprint density at radius 1 is 1.04 bits per heavy atom. The molecule has 0 atom stereocenters. The molecule has 0 aromatic heterocycles. The lowest BCUT2D eigenvalue weighted by Crippen LogP contribution is -2.17. The molecule has 0 aliphatic heterocycles. The summed E-state index contributed by atoms with van der Waals surface area (Å²) in [6.07, 6.45) is -5.02. The lowest BCUT2D eigenvalue weighted by Gasteiger charge is -2.14. The summed E-state index contributed by atoms with van der Waals surface area (Å²) in [6.45, 7) is 0. The lowest BCUT2D eigenvalue weighted by atomic mass is 10.2. The summed E-state index contributed by atoms with van der Waals surface area (Å²) >= 11 is 5.53. The Kier molecular flexibility index (Phi) is 5.18.